The summed E-state index contributed by atoms with van der Waals surface area (Å²) in [6, 6.07) is 8.34. The van der Waals surface area contributed by atoms with Crippen molar-refractivity contribution in [1.82, 2.24) is 10.2 Å². The molecule has 6 nitrogen and oxygen atoms in total. The molecular weight excluding hydrogens is 409 g/mol. The Morgan fingerprint density at radius 2 is 1.81 bits per heavy atom. The summed E-state index contributed by atoms with van der Waals surface area (Å²) in [4.78, 5) is 12.5. The molecule has 1 aromatic heterocycles. The van der Waals surface area contributed by atoms with Crippen LogP contribution in [-0.4, -0.2) is 30.3 Å². The lowest BCUT2D eigenvalue weighted by Gasteiger charge is -2.09. The van der Waals surface area contributed by atoms with Crippen LogP contribution in [0.2, 0.25) is 10.0 Å². The van der Waals surface area contributed by atoms with Crippen molar-refractivity contribution in [3.8, 4) is 22.1 Å². The van der Waals surface area contributed by atoms with Gasteiger partial charge in [0.25, 0.3) is 5.91 Å². The largest absolute Gasteiger partial charge is 0.493 e. The Morgan fingerprint density at radius 3 is 2.48 bits per heavy atom. The first-order chi connectivity index (χ1) is 12.9. The summed E-state index contributed by atoms with van der Waals surface area (Å²) >= 11 is 13.5. The quantitative estimate of drug-likeness (QED) is 0.618. The lowest BCUT2D eigenvalue weighted by molar-refractivity contribution is 0.102. The van der Waals surface area contributed by atoms with Gasteiger partial charge in [0.15, 0.2) is 16.5 Å². The number of ether oxygens (including phenoxy) is 2. The number of carbonyl (C=O) groups is 1. The summed E-state index contributed by atoms with van der Waals surface area (Å²) in [5, 5.41) is 12.9. The Morgan fingerprint density at radius 1 is 1.07 bits per heavy atom. The molecule has 9 heteroatoms. The Labute approximate surface area is 170 Å². The molecule has 0 radical (unpaired) electrons. The number of nitrogens with zero attached hydrogens (tertiary/aromatic N) is 2. The molecule has 0 spiro atoms. The first kappa shape index (κ1) is 19.4. The number of rotatable bonds is 5. The number of methoxy groups -OCH3 is 2. The van der Waals surface area contributed by atoms with Gasteiger partial charge < -0.3 is 9.47 Å². The summed E-state index contributed by atoms with van der Waals surface area (Å²) in [7, 11) is 3.04. The van der Waals surface area contributed by atoms with Gasteiger partial charge in [0.05, 0.1) is 19.2 Å². The monoisotopic (exact) mass is 423 g/mol. The highest BCUT2D eigenvalue weighted by Gasteiger charge is 2.16. The molecule has 0 atom stereocenters. The van der Waals surface area contributed by atoms with Crippen LogP contribution in [0.3, 0.4) is 0 Å². The van der Waals surface area contributed by atoms with Crippen molar-refractivity contribution in [3.63, 3.8) is 0 Å². The number of carbonyl (C=O) groups excluding carboxylic acids is 1. The number of amides is 1. The summed E-state index contributed by atoms with van der Waals surface area (Å²) in [6.45, 7) is 1.89. The van der Waals surface area contributed by atoms with Crippen molar-refractivity contribution in [2.75, 3.05) is 19.5 Å². The fourth-order valence-corrected chi connectivity index (χ4v) is 4.10. The molecule has 3 aromatic rings. The van der Waals surface area contributed by atoms with Gasteiger partial charge in [0, 0.05) is 16.1 Å². The van der Waals surface area contributed by atoms with E-state index in [-0.39, 0.29) is 5.91 Å². The molecule has 1 heterocycles. The van der Waals surface area contributed by atoms with Crippen molar-refractivity contribution in [2.45, 2.75) is 6.92 Å². The number of hydrogen-bond donors (Lipinski definition) is 1. The zero-order valence-electron chi connectivity index (χ0n) is 14.7. The third kappa shape index (κ3) is 4.16. The van der Waals surface area contributed by atoms with Gasteiger partial charge in [0.2, 0.25) is 5.13 Å². The molecule has 1 N–H and O–H groups in total. The van der Waals surface area contributed by atoms with Gasteiger partial charge in [-0.25, -0.2) is 0 Å². The van der Waals surface area contributed by atoms with Crippen LogP contribution in [0.1, 0.15) is 15.9 Å². The number of anilines is 1. The third-order valence-corrected chi connectivity index (χ3v) is 5.13. The van der Waals surface area contributed by atoms with E-state index in [0.717, 1.165) is 11.1 Å². The van der Waals surface area contributed by atoms with E-state index < -0.39 is 0 Å². The van der Waals surface area contributed by atoms with Gasteiger partial charge in [-0.1, -0.05) is 34.5 Å². The van der Waals surface area contributed by atoms with Crippen LogP contribution in [0.4, 0.5) is 5.13 Å². The predicted octanol–water partition coefficient (Wildman–Crippen LogP) is 5.09. The van der Waals surface area contributed by atoms with E-state index in [2.05, 4.69) is 15.5 Å². The van der Waals surface area contributed by atoms with Crippen LogP contribution in [0.15, 0.2) is 30.3 Å². The minimum absolute atomic E-state index is 0.336. The molecule has 0 fully saturated rings. The number of benzene rings is 2. The van der Waals surface area contributed by atoms with E-state index >= 15 is 0 Å². The van der Waals surface area contributed by atoms with E-state index in [0.29, 0.717) is 37.2 Å². The predicted molar refractivity (Wildman–Crippen MR) is 108 cm³/mol. The van der Waals surface area contributed by atoms with Crippen molar-refractivity contribution in [1.29, 1.82) is 0 Å². The van der Waals surface area contributed by atoms with Crippen LogP contribution < -0.4 is 14.8 Å². The molecule has 0 unspecified atom stereocenters. The first-order valence-corrected chi connectivity index (χ1v) is 9.33. The van der Waals surface area contributed by atoms with Gasteiger partial charge in [-0.3, -0.25) is 10.1 Å². The van der Waals surface area contributed by atoms with E-state index in [1.54, 1.807) is 30.3 Å². The number of halogens is 2. The standard InChI is InChI=1S/C18H15Cl2N3O3S/c1-9-6-11(19)8-12(20)15(9)17-22-23-18(27-17)21-16(24)10-4-5-13(25-2)14(7-10)26-3/h4-8H,1-3H3,(H,21,23,24). The fourth-order valence-electron chi connectivity index (χ4n) is 2.49. The van der Waals surface area contributed by atoms with Crippen molar-refractivity contribution < 1.29 is 14.3 Å². The second kappa shape index (κ2) is 8.12. The highest BCUT2D eigenvalue weighted by Crippen LogP contribution is 2.36. The molecule has 0 saturated heterocycles. The van der Waals surface area contributed by atoms with Crippen LogP contribution >= 0.6 is 34.5 Å². The first-order valence-electron chi connectivity index (χ1n) is 7.76. The molecule has 2 aromatic carbocycles. The molecule has 0 aliphatic rings. The Kier molecular flexibility index (Phi) is 5.84. The van der Waals surface area contributed by atoms with E-state index in [9.17, 15) is 4.79 Å². The van der Waals surface area contributed by atoms with E-state index in [1.807, 2.05) is 6.92 Å². The summed E-state index contributed by atoms with van der Waals surface area (Å²) in [5.41, 5.74) is 2.02. The van der Waals surface area contributed by atoms with Crippen LogP contribution in [0.5, 0.6) is 11.5 Å². The Balaban J connectivity index is 1.83. The van der Waals surface area contributed by atoms with Gasteiger partial charge in [-0.15, -0.1) is 10.2 Å². The van der Waals surface area contributed by atoms with Crippen LogP contribution in [0.25, 0.3) is 10.6 Å². The molecule has 0 aliphatic heterocycles. The lowest BCUT2D eigenvalue weighted by atomic mass is 10.1. The number of hydrogen-bond acceptors (Lipinski definition) is 6. The topological polar surface area (TPSA) is 73.3 Å². The van der Waals surface area contributed by atoms with E-state index in [1.165, 1.54) is 25.6 Å². The number of aromatic nitrogens is 2. The molecule has 0 saturated carbocycles. The van der Waals surface area contributed by atoms with Crippen LogP contribution in [0, 0.1) is 6.92 Å². The van der Waals surface area contributed by atoms with Gasteiger partial charge >= 0.3 is 0 Å². The minimum atomic E-state index is -0.336. The highest BCUT2D eigenvalue weighted by atomic mass is 35.5. The smallest absolute Gasteiger partial charge is 0.257 e. The summed E-state index contributed by atoms with van der Waals surface area (Å²) < 4.78 is 10.4. The highest BCUT2D eigenvalue weighted by molar-refractivity contribution is 7.18. The van der Waals surface area contributed by atoms with Crippen molar-refractivity contribution in [3.05, 3.63) is 51.5 Å². The number of aryl methyl sites for hydroxylation is 1. The second-order valence-electron chi connectivity index (χ2n) is 5.52. The van der Waals surface area contributed by atoms with Crippen molar-refractivity contribution in [2.24, 2.45) is 0 Å². The number of nitrogens with one attached hydrogen (secondary N) is 1. The maximum atomic E-state index is 12.5. The maximum absolute atomic E-state index is 12.5. The molecule has 0 aliphatic carbocycles. The van der Waals surface area contributed by atoms with Crippen LogP contribution in [-0.2, 0) is 0 Å². The maximum Gasteiger partial charge on any atom is 0.257 e. The van der Waals surface area contributed by atoms with Gasteiger partial charge in [-0.2, -0.15) is 0 Å². The average molecular weight is 424 g/mol. The van der Waals surface area contributed by atoms with Gasteiger partial charge in [-0.05, 0) is 42.8 Å². The molecule has 0 bridgehead atoms. The molecule has 27 heavy (non-hydrogen) atoms. The minimum Gasteiger partial charge on any atom is -0.493 e. The molecule has 140 valence electrons. The zero-order chi connectivity index (χ0) is 19.6. The lowest BCUT2D eigenvalue weighted by Crippen LogP contribution is -2.11. The zero-order valence-corrected chi connectivity index (χ0v) is 17.0. The molecule has 3 rings (SSSR count). The summed E-state index contributed by atoms with van der Waals surface area (Å²) in [6.07, 6.45) is 0. The Bertz CT molecular complexity index is 984. The third-order valence-electron chi connectivity index (χ3n) is 3.76. The normalized spacial score (nSPS) is 10.6. The van der Waals surface area contributed by atoms with Crippen molar-refractivity contribution >= 4 is 45.6 Å². The molecular formula is C18H15Cl2N3O3S. The van der Waals surface area contributed by atoms with Gasteiger partial charge in [0.1, 0.15) is 0 Å². The SMILES string of the molecule is COc1ccc(C(=O)Nc2nnc(-c3c(C)cc(Cl)cc3Cl)s2)cc1OC. The Hall–Kier alpha value is -2.35. The summed E-state index contributed by atoms with van der Waals surface area (Å²) in [5.74, 6) is 0.671. The fraction of sp³-hybridized carbons (Fsp3) is 0.167. The molecule has 1 amide bonds. The second-order valence-corrected chi connectivity index (χ2v) is 7.34. The average Bonchev–Trinajstić information content (AvgIpc) is 3.08. The van der Waals surface area contributed by atoms with E-state index in [4.69, 9.17) is 32.7 Å².